The minimum atomic E-state index is -0.327. The number of amidine groups is 1. The number of ether oxygens (including phenoxy) is 1. The summed E-state index contributed by atoms with van der Waals surface area (Å²) in [4.78, 5) is 11.1. The third-order valence-electron chi connectivity index (χ3n) is 5.17. The number of hydrazone groups is 1. The number of fused-ring (bicyclic) bond motifs is 1. The van der Waals surface area contributed by atoms with Crippen molar-refractivity contribution < 1.29 is 9.13 Å². The zero-order valence-corrected chi connectivity index (χ0v) is 16.3. The number of morpholine rings is 1. The number of hydrogen-bond donors (Lipinski definition) is 1. The SMILES string of the molecule is Fc1ccc2c(c1)C(c1ccc(N3CCOCC3)cc1)=NNC(c1cccnc1)=N2. The summed E-state index contributed by atoms with van der Waals surface area (Å²) < 4.78 is 19.5. The van der Waals surface area contributed by atoms with Crippen molar-refractivity contribution in [3.8, 4) is 0 Å². The van der Waals surface area contributed by atoms with Gasteiger partial charge in [0.05, 0.1) is 18.9 Å². The van der Waals surface area contributed by atoms with Crippen LogP contribution < -0.4 is 10.3 Å². The van der Waals surface area contributed by atoms with E-state index < -0.39 is 0 Å². The Kier molecular flexibility index (Phi) is 4.94. The lowest BCUT2D eigenvalue weighted by Gasteiger charge is -2.29. The number of hydrogen-bond acceptors (Lipinski definition) is 6. The predicted molar refractivity (Wildman–Crippen MR) is 115 cm³/mol. The Labute approximate surface area is 173 Å². The summed E-state index contributed by atoms with van der Waals surface area (Å²) in [6.45, 7) is 3.22. The van der Waals surface area contributed by atoms with Gasteiger partial charge in [-0.2, -0.15) is 5.10 Å². The van der Waals surface area contributed by atoms with Gasteiger partial charge in [-0.1, -0.05) is 12.1 Å². The summed E-state index contributed by atoms with van der Waals surface area (Å²) >= 11 is 0. The fourth-order valence-electron chi connectivity index (χ4n) is 3.61. The lowest BCUT2D eigenvalue weighted by Crippen LogP contribution is -2.36. The smallest absolute Gasteiger partial charge is 0.155 e. The summed E-state index contributed by atoms with van der Waals surface area (Å²) in [6.07, 6.45) is 3.42. The molecule has 1 N–H and O–H groups in total. The Balaban J connectivity index is 1.53. The molecule has 0 aliphatic carbocycles. The molecule has 3 heterocycles. The Morgan fingerprint density at radius 1 is 0.967 bits per heavy atom. The van der Waals surface area contributed by atoms with Crippen LogP contribution in [0.25, 0.3) is 0 Å². The number of nitrogens with zero attached hydrogens (tertiary/aromatic N) is 4. The molecule has 0 spiro atoms. The number of anilines is 1. The molecule has 0 amide bonds. The van der Waals surface area contributed by atoms with E-state index in [1.165, 1.54) is 12.1 Å². The molecule has 5 rings (SSSR count). The van der Waals surface area contributed by atoms with E-state index in [1.54, 1.807) is 18.5 Å². The van der Waals surface area contributed by atoms with E-state index >= 15 is 0 Å². The second kappa shape index (κ2) is 8.04. The molecule has 0 atom stereocenters. The fraction of sp³-hybridized carbons (Fsp3) is 0.174. The molecule has 0 bridgehead atoms. The number of pyridine rings is 1. The third-order valence-corrected chi connectivity index (χ3v) is 5.17. The molecule has 2 aromatic carbocycles. The summed E-state index contributed by atoms with van der Waals surface area (Å²) in [7, 11) is 0. The molecule has 3 aromatic rings. The Morgan fingerprint density at radius 3 is 2.57 bits per heavy atom. The zero-order valence-electron chi connectivity index (χ0n) is 16.3. The standard InChI is InChI=1S/C23H20FN5O/c24-18-5-8-21-20(14-18)22(27-28-23(26-21)17-2-1-9-25-15-17)16-3-6-19(7-4-16)29-10-12-30-13-11-29/h1-9,14-15H,10-13H2,(H,26,28). The Morgan fingerprint density at radius 2 is 1.80 bits per heavy atom. The highest BCUT2D eigenvalue weighted by molar-refractivity contribution is 6.18. The van der Waals surface area contributed by atoms with E-state index in [1.807, 2.05) is 24.3 Å². The van der Waals surface area contributed by atoms with Gasteiger partial charge >= 0.3 is 0 Å². The normalized spacial score (nSPS) is 16.1. The number of aromatic nitrogens is 1. The first-order valence-corrected chi connectivity index (χ1v) is 9.84. The van der Waals surface area contributed by atoms with Gasteiger partial charge in [0.25, 0.3) is 0 Å². The van der Waals surface area contributed by atoms with E-state index in [4.69, 9.17) is 4.74 Å². The van der Waals surface area contributed by atoms with Crippen LogP contribution >= 0.6 is 0 Å². The molecule has 1 saturated heterocycles. The number of nitrogens with one attached hydrogen (secondary N) is 1. The topological polar surface area (TPSA) is 62.1 Å². The number of rotatable bonds is 3. The first-order chi connectivity index (χ1) is 14.8. The minimum Gasteiger partial charge on any atom is -0.378 e. The number of aliphatic imine (C=N–C) groups is 1. The van der Waals surface area contributed by atoms with Gasteiger partial charge in [0, 0.05) is 47.9 Å². The fourth-order valence-corrected chi connectivity index (χ4v) is 3.61. The van der Waals surface area contributed by atoms with Crippen LogP contribution in [-0.4, -0.2) is 42.8 Å². The van der Waals surface area contributed by atoms with Gasteiger partial charge in [-0.25, -0.2) is 9.38 Å². The highest BCUT2D eigenvalue weighted by atomic mass is 19.1. The molecule has 0 saturated carbocycles. The van der Waals surface area contributed by atoms with Crippen molar-refractivity contribution in [3.05, 3.63) is 89.5 Å². The zero-order chi connectivity index (χ0) is 20.3. The monoisotopic (exact) mass is 401 g/mol. The molecular weight excluding hydrogens is 381 g/mol. The maximum Gasteiger partial charge on any atom is 0.155 e. The van der Waals surface area contributed by atoms with E-state index in [0.717, 1.165) is 43.1 Å². The molecule has 1 fully saturated rings. The minimum absolute atomic E-state index is 0.327. The van der Waals surface area contributed by atoms with Crippen molar-refractivity contribution in [2.75, 3.05) is 31.2 Å². The average Bonchev–Trinajstić information content (AvgIpc) is 3.00. The van der Waals surface area contributed by atoms with Crippen molar-refractivity contribution in [2.45, 2.75) is 0 Å². The van der Waals surface area contributed by atoms with Gasteiger partial charge in [-0.3, -0.25) is 10.4 Å². The van der Waals surface area contributed by atoms with Crippen LogP contribution in [0.2, 0.25) is 0 Å². The van der Waals surface area contributed by atoms with Crippen molar-refractivity contribution >= 4 is 22.9 Å². The molecule has 1 aromatic heterocycles. The Hall–Kier alpha value is -3.58. The van der Waals surface area contributed by atoms with E-state index in [2.05, 4.69) is 37.5 Å². The van der Waals surface area contributed by atoms with Gasteiger partial charge in [0.2, 0.25) is 0 Å². The maximum absolute atomic E-state index is 14.1. The van der Waals surface area contributed by atoms with Gasteiger partial charge in [0.1, 0.15) is 11.5 Å². The second-order valence-corrected chi connectivity index (χ2v) is 7.08. The first kappa shape index (κ1) is 18.4. The molecule has 2 aliphatic rings. The molecule has 6 nitrogen and oxygen atoms in total. The largest absolute Gasteiger partial charge is 0.378 e. The van der Waals surface area contributed by atoms with Crippen LogP contribution in [0.15, 0.2) is 77.1 Å². The number of halogens is 1. The highest BCUT2D eigenvalue weighted by Crippen LogP contribution is 2.27. The van der Waals surface area contributed by atoms with Crippen LogP contribution in [-0.2, 0) is 4.74 Å². The van der Waals surface area contributed by atoms with E-state index in [9.17, 15) is 4.39 Å². The quantitative estimate of drug-likeness (QED) is 0.730. The van der Waals surface area contributed by atoms with Crippen LogP contribution in [0.4, 0.5) is 15.8 Å². The third kappa shape index (κ3) is 3.67. The van der Waals surface area contributed by atoms with Crippen LogP contribution in [0.3, 0.4) is 0 Å². The van der Waals surface area contributed by atoms with Gasteiger partial charge in [-0.05, 0) is 42.5 Å². The lowest BCUT2D eigenvalue weighted by atomic mass is 10.00. The number of benzene rings is 2. The van der Waals surface area contributed by atoms with E-state index in [-0.39, 0.29) is 5.82 Å². The van der Waals surface area contributed by atoms with Crippen LogP contribution in [0.1, 0.15) is 16.7 Å². The molecule has 30 heavy (non-hydrogen) atoms. The molecule has 150 valence electrons. The van der Waals surface area contributed by atoms with Gasteiger partial charge in [-0.15, -0.1) is 0 Å². The van der Waals surface area contributed by atoms with Crippen molar-refractivity contribution in [2.24, 2.45) is 10.1 Å². The van der Waals surface area contributed by atoms with Gasteiger partial charge < -0.3 is 9.64 Å². The second-order valence-electron chi connectivity index (χ2n) is 7.08. The van der Waals surface area contributed by atoms with Crippen molar-refractivity contribution in [1.82, 2.24) is 10.4 Å². The maximum atomic E-state index is 14.1. The summed E-state index contributed by atoms with van der Waals surface area (Å²) in [6, 6.07) is 16.4. The van der Waals surface area contributed by atoms with Crippen molar-refractivity contribution in [3.63, 3.8) is 0 Å². The van der Waals surface area contributed by atoms with Gasteiger partial charge in [0.15, 0.2) is 5.84 Å². The molecule has 2 aliphatic heterocycles. The first-order valence-electron chi connectivity index (χ1n) is 9.84. The Bertz CT molecular complexity index is 1110. The van der Waals surface area contributed by atoms with Crippen molar-refractivity contribution in [1.29, 1.82) is 0 Å². The van der Waals surface area contributed by atoms with Crippen LogP contribution in [0, 0.1) is 5.82 Å². The molecule has 0 radical (unpaired) electrons. The molecule has 7 heteroatoms. The highest BCUT2D eigenvalue weighted by Gasteiger charge is 2.19. The molecule has 0 unspecified atom stereocenters. The predicted octanol–water partition coefficient (Wildman–Crippen LogP) is 3.49. The van der Waals surface area contributed by atoms with Crippen LogP contribution in [0.5, 0.6) is 0 Å². The van der Waals surface area contributed by atoms with E-state index in [0.29, 0.717) is 22.8 Å². The average molecular weight is 401 g/mol. The molecular formula is C23H20FN5O. The summed E-state index contributed by atoms with van der Waals surface area (Å²) in [5.41, 5.74) is 7.79. The lowest BCUT2D eigenvalue weighted by molar-refractivity contribution is 0.122. The summed E-state index contributed by atoms with van der Waals surface area (Å²) in [5, 5.41) is 4.58. The summed E-state index contributed by atoms with van der Waals surface area (Å²) in [5.74, 6) is 0.238.